The zero-order valence-electron chi connectivity index (χ0n) is 15.0. The number of hydrogen-bond acceptors (Lipinski definition) is 4. The minimum absolute atomic E-state index is 0.0694. The lowest BCUT2D eigenvalue weighted by Gasteiger charge is -2.20. The van der Waals surface area contributed by atoms with Crippen LogP contribution in [0.4, 0.5) is 5.69 Å². The molecule has 0 aliphatic heterocycles. The molecule has 0 aliphatic rings. The van der Waals surface area contributed by atoms with Gasteiger partial charge in [0.05, 0.1) is 19.1 Å². The van der Waals surface area contributed by atoms with Gasteiger partial charge < -0.3 is 10.1 Å². The Balaban J connectivity index is 1.93. The fraction of sp³-hybridized carbons (Fsp3) is 0.316. The van der Waals surface area contributed by atoms with Crippen LogP contribution in [0, 0.1) is 0 Å². The van der Waals surface area contributed by atoms with Crippen molar-refractivity contribution >= 4 is 21.6 Å². The summed E-state index contributed by atoms with van der Waals surface area (Å²) in [6.07, 6.45) is 1.83. The molecule has 0 heterocycles. The molecule has 0 fully saturated rings. The molecular weight excluding hydrogens is 352 g/mol. The Bertz CT molecular complexity index is 822. The maximum Gasteiger partial charge on any atom is 0.225 e. The van der Waals surface area contributed by atoms with Gasteiger partial charge in [-0.2, -0.15) is 0 Å². The summed E-state index contributed by atoms with van der Waals surface area (Å²) in [6.45, 7) is 0.470. The molecule has 140 valence electrons. The minimum Gasteiger partial charge on any atom is -0.495 e. The molecule has 6 nitrogen and oxygen atoms in total. The zero-order chi connectivity index (χ0) is 19.0. The van der Waals surface area contributed by atoms with E-state index in [0.29, 0.717) is 24.4 Å². The van der Waals surface area contributed by atoms with Crippen LogP contribution in [0.3, 0.4) is 0 Å². The van der Waals surface area contributed by atoms with E-state index in [2.05, 4.69) is 5.32 Å². The second-order valence-electron chi connectivity index (χ2n) is 5.90. The van der Waals surface area contributed by atoms with E-state index in [1.165, 1.54) is 11.4 Å². The molecule has 0 bridgehead atoms. The molecule has 26 heavy (non-hydrogen) atoms. The molecule has 2 aromatic carbocycles. The summed E-state index contributed by atoms with van der Waals surface area (Å²) in [6, 6.07) is 16.7. The summed E-state index contributed by atoms with van der Waals surface area (Å²) in [7, 11) is -1.86. The van der Waals surface area contributed by atoms with Crippen molar-refractivity contribution in [3.05, 3.63) is 60.2 Å². The maximum atomic E-state index is 12.2. The monoisotopic (exact) mass is 376 g/mol. The molecule has 1 N–H and O–H groups in total. The van der Waals surface area contributed by atoms with Crippen molar-refractivity contribution in [3.63, 3.8) is 0 Å². The van der Waals surface area contributed by atoms with Gasteiger partial charge in [-0.05, 0) is 24.1 Å². The second-order valence-corrected chi connectivity index (χ2v) is 7.88. The number of para-hydroxylation sites is 2. The maximum absolute atomic E-state index is 12.2. The van der Waals surface area contributed by atoms with Crippen molar-refractivity contribution in [2.45, 2.75) is 12.8 Å². The summed E-state index contributed by atoms with van der Waals surface area (Å²) >= 11 is 0. The largest absolute Gasteiger partial charge is 0.495 e. The molecule has 0 saturated heterocycles. The van der Waals surface area contributed by atoms with Crippen LogP contribution in [0.1, 0.15) is 12.0 Å². The van der Waals surface area contributed by atoms with Crippen molar-refractivity contribution in [2.75, 3.05) is 31.8 Å². The quantitative estimate of drug-likeness (QED) is 0.730. The number of nitrogens with zero attached hydrogens (tertiary/aromatic N) is 1. The zero-order valence-corrected chi connectivity index (χ0v) is 15.8. The Morgan fingerprint density at radius 1 is 1.04 bits per heavy atom. The molecule has 1 amide bonds. The number of anilines is 1. The summed E-state index contributed by atoms with van der Waals surface area (Å²) in [5.74, 6) is 0.299. The van der Waals surface area contributed by atoms with E-state index >= 15 is 0 Å². The number of hydrogen-bond donors (Lipinski definition) is 1. The van der Waals surface area contributed by atoms with Gasteiger partial charge in [0.15, 0.2) is 0 Å². The van der Waals surface area contributed by atoms with E-state index in [0.717, 1.165) is 11.8 Å². The van der Waals surface area contributed by atoms with Gasteiger partial charge >= 0.3 is 0 Å². The van der Waals surface area contributed by atoms with Crippen LogP contribution in [-0.2, 0) is 21.2 Å². The number of amides is 1. The number of ether oxygens (including phenoxy) is 1. The standard InChI is InChI=1S/C19H24N2O4S/c1-25-18-11-7-6-10-17(18)20-19(22)13-15-21(26(2,23)24)14-12-16-8-4-3-5-9-16/h3-11H,12-15H2,1-2H3,(H,20,22). The van der Waals surface area contributed by atoms with Gasteiger partial charge in [0.25, 0.3) is 0 Å². The fourth-order valence-electron chi connectivity index (χ4n) is 2.53. The van der Waals surface area contributed by atoms with Gasteiger partial charge in [-0.3, -0.25) is 4.79 Å². The molecule has 0 radical (unpaired) electrons. The SMILES string of the molecule is COc1ccccc1NC(=O)CCN(CCc1ccccc1)S(C)(=O)=O. The third-order valence-corrected chi connectivity index (χ3v) is 5.23. The molecular formula is C19H24N2O4S. The lowest BCUT2D eigenvalue weighted by Crippen LogP contribution is -2.34. The highest BCUT2D eigenvalue weighted by Gasteiger charge is 2.18. The second kappa shape index (κ2) is 9.35. The number of carbonyl (C=O) groups is 1. The average molecular weight is 376 g/mol. The van der Waals surface area contributed by atoms with Gasteiger partial charge in [0, 0.05) is 19.5 Å². The third kappa shape index (κ3) is 6.16. The van der Waals surface area contributed by atoms with Gasteiger partial charge in [-0.1, -0.05) is 42.5 Å². The first-order chi connectivity index (χ1) is 12.4. The normalized spacial score (nSPS) is 11.3. The Labute approximate surface area is 154 Å². The van der Waals surface area contributed by atoms with Gasteiger partial charge in [0.1, 0.15) is 5.75 Å². The highest BCUT2D eigenvalue weighted by molar-refractivity contribution is 7.88. The number of rotatable bonds is 9. The van der Waals surface area contributed by atoms with Crippen LogP contribution in [0.2, 0.25) is 0 Å². The Hall–Kier alpha value is -2.38. The van der Waals surface area contributed by atoms with Crippen molar-refractivity contribution in [2.24, 2.45) is 0 Å². The number of nitrogens with one attached hydrogen (secondary N) is 1. The highest BCUT2D eigenvalue weighted by atomic mass is 32.2. The summed E-state index contributed by atoms with van der Waals surface area (Å²) in [5, 5.41) is 2.76. The third-order valence-electron chi connectivity index (χ3n) is 3.93. The predicted molar refractivity (Wildman–Crippen MR) is 103 cm³/mol. The van der Waals surface area contributed by atoms with Crippen molar-refractivity contribution in [1.29, 1.82) is 0 Å². The van der Waals surface area contributed by atoms with E-state index in [1.54, 1.807) is 18.2 Å². The number of carbonyl (C=O) groups excluding carboxylic acids is 1. The van der Waals surface area contributed by atoms with Gasteiger partial charge in [-0.15, -0.1) is 0 Å². The van der Waals surface area contributed by atoms with E-state index in [1.807, 2.05) is 36.4 Å². The van der Waals surface area contributed by atoms with Crippen LogP contribution in [0.25, 0.3) is 0 Å². The predicted octanol–water partition coefficient (Wildman–Crippen LogP) is 2.53. The first-order valence-electron chi connectivity index (χ1n) is 8.32. The molecule has 7 heteroatoms. The molecule has 0 unspecified atom stereocenters. The van der Waals surface area contributed by atoms with Crippen LogP contribution in [-0.4, -0.2) is 45.1 Å². The van der Waals surface area contributed by atoms with Crippen LogP contribution in [0.5, 0.6) is 5.75 Å². The Morgan fingerprint density at radius 2 is 1.69 bits per heavy atom. The Kier molecular flexibility index (Phi) is 7.17. The van der Waals surface area contributed by atoms with E-state index in [4.69, 9.17) is 4.74 Å². The molecule has 2 rings (SSSR count). The van der Waals surface area contributed by atoms with Crippen LogP contribution in [0.15, 0.2) is 54.6 Å². The average Bonchev–Trinajstić information content (AvgIpc) is 2.62. The topological polar surface area (TPSA) is 75.7 Å². The number of sulfonamides is 1. The molecule has 0 aliphatic carbocycles. The minimum atomic E-state index is -3.39. The lowest BCUT2D eigenvalue weighted by molar-refractivity contribution is -0.116. The van der Waals surface area contributed by atoms with Crippen LogP contribution < -0.4 is 10.1 Å². The lowest BCUT2D eigenvalue weighted by atomic mass is 10.1. The summed E-state index contributed by atoms with van der Waals surface area (Å²) in [4.78, 5) is 12.2. The fourth-order valence-corrected chi connectivity index (χ4v) is 3.37. The van der Waals surface area contributed by atoms with E-state index in [-0.39, 0.29) is 18.9 Å². The van der Waals surface area contributed by atoms with Gasteiger partial charge in [0.2, 0.25) is 15.9 Å². The molecule has 2 aromatic rings. The first-order valence-corrected chi connectivity index (χ1v) is 10.2. The molecule has 0 aromatic heterocycles. The van der Waals surface area contributed by atoms with Crippen molar-refractivity contribution < 1.29 is 17.9 Å². The molecule has 0 spiro atoms. The van der Waals surface area contributed by atoms with Crippen LogP contribution >= 0.6 is 0 Å². The first kappa shape index (κ1) is 19.9. The molecule has 0 atom stereocenters. The number of benzene rings is 2. The smallest absolute Gasteiger partial charge is 0.225 e. The van der Waals surface area contributed by atoms with Crippen molar-refractivity contribution in [1.82, 2.24) is 4.31 Å². The highest BCUT2D eigenvalue weighted by Crippen LogP contribution is 2.23. The summed E-state index contributed by atoms with van der Waals surface area (Å²) < 4.78 is 30.5. The summed E-state index contributed by atoms with van der Waals surface area (Å²) in [5.41, 5.74) is 1.62. The number of methoxy groups -OCH3 is 1. The van der Waals surface area contributed by atoms with E-state index in [9.17, 15) is 13.2 Å². The van der Waals surface area contributed by atoms with Gasteiger partial charge in [-0.25, -0.2) is 12.7 Å². The van der Waals surface area contributed by atoms with Crippen molar-refractivity contribution in [3.8, 4) is 5.75 Å². The van der Waals surface area contributed by atoms with E-state index < -0.39 is 10.0 Å². The molecule has 0 saturated carbocycles. The Morgan fingerprint density at radius 3 is 2.35 bits per heavy atom.